The predicted octanol–water partition coefficient (Wildman–Crippen LogP) is 16.4. The van der Waals surface area contributed by atoms with Crippen molar-refractivity contribution in [3.05, 3.63) is 217 Å². The molecule has 0 N–H and O–H groups in total. The molecule has 66 heavy (non-hydrogen) atoms. The standard InChI is InChI=1S/C61H39N3O2/c1-36-28-31-49(62-61(45-23-12-18-37-14-4-6-19-41(37)45)63-59(36)47-24-13-27-55-57(47)46-22-9-11-26-54(46)65-55)58-51(33-30-44-43-21-8-10-25-53(43)66-60(44)58)64-50-32-29-38-15-5-7-20-42(38)56(50)48-34-39-16-2-3-17-40(39)35-52(48)64/h2-27,29-36H,28H2,1H3/b49-31+,62-61?,63-59?. The number of furan rings is 2. The summed E-state index contributed by atoms with van der Waals surface area (Å²) in [5, 5.41) is 13.7. The summed E-state index contributed by atoms with van der Waals surface area (Å²) in [5.41, 5.74) is 11.3. The van der Waals surface area contributed by atoms with Crippen molar-refractivity contribution < 1.29 is 8.83 Å². The van der Waals surface area contributed by atoms with Crippen molar-refractivity contribution in [2.24, 2.45) is 15.9 Å². The third kappa shape index (κ3) is 5.47. The van der Waals surface area contributed by atoms with Crippen LogP contribution < -0.4 is 0 Å². The molecular weight excluding hydrogens is 807 g/mol. The van der Waals surface area contributed by atoms with Crippen LogP contribution >= 0.6 is 0 Å². The highest BCUT2D eigenvalue weighted by atomic mass is 16.3. The molecule has 310 valence electrons. The Balaban J connectivity index is 1.11. The molecule has 5 heteroatoms. The van der Waals surface area contributed by atoms with E-state index in [0.717, 1.165) is 99.5 Å². The molecule has 0 saturated carbocycles. The second-order valence-corrected chi connectivity index (χ2v) is 17.6. The third-order valence-corrected chi connectivity index (χ3v) is 13.8. The molecule has 10 aromatic carbocycles. The number of benzene rings is 10. The Labute approximate surface area is 378 Å². The van der Waals surface area contributed by atoms with E-state index in [1.807, 2.05) is 18.2 Å². The predicted molar refractivity (Wildman–Crippen MR) is 276 cm³/mol. The monoisotopic (exact) mass is 845 g/mol. The van der Waals surface area contributed by atoms with E-state index < -0.39 is 0 Å². The van der Waals surface area contributed by atoms with E-state index in [9.17, 15) is 0 Å². The minimum atomic E-state index is 0.00373. The minimum absolute atomic E-state index is 0.00373. The fourth-order valence-corrected chi connectivity index (χ4v) is 10.8. The number of nitrogens with zero attached hydrogens (tertiary/aromatic N) is 3. The van der Waals surface area contributed by atoms with Gasteiger partial charge in [0.05, 0.1) is 33.7 Å². The van der Waals surface area contributed by atoms with Gasteiger partial charge in [-0.15, -0.1) is 0 Å². The summed E-state index contributed by atoms with van der Waals surface area (Å²) in [6, 6.07) is 69.1. The lowest BCUT2D eigenvalue weighted by atomic mass is 9.90. The summed E-state index contributed by atoms with van der Waals surface area (Å²) >= 11 is 0. The number of para-hydroxylation sites is 2. The normalized spacial score (nSPS) is 15.6. The number of hydrogen-bond donors (Lipinski definition) is 0. The van der Waals surface area contributed by atoms with Crippen molar-refractivity contribution in [3.63, 3.8) is 0 Å². The van der Waals surface area contributed by atoms with Gasteiger partial charge < -0.3 is 13.4 Å². The maximum atomic E-state index is 7.05. The van der Waals surface area contributed by atoms with Gasteiger partial charge in [-0.25, -0.2) is 9.98 Å². The molecule has 0 saturated heterocycles. The molecule has 1 unspecified atom stereocenters. The molecule has 0 aliphatic carbocycles. The van der Waals surface area contributed by atoms with Crippen LogP contribution in [0.5, 0.6) is 0 Å². The summed E-state index contributed by atoms with van der Waals surface area (Å²) in [5.74, 6) is 0.645. The Hall–Kier alpha value is -8.54. The largest absolute Gasteiger partial charge is 0.456 e. The van der Waals surface area contributed by atoms with Crippen LogP contribution in [0.1, 0.15) is 30.0 Å². The lowest BCUT2D eigenvalue weighted by Gasteiger charge is -2.21. The Kier molecular flexibility index (Phi) is 7.96. The lowest BCUT2D eigenvalue weighted by molar-refractivity contribution is 0.667. The first-order valence-electron chi connectivity index (χ1n) is 22.7. The van der Waals surface area contributed by atoms with E-state index in [1.165, 1.54) is 32.3 Å². The Morgan fingerprint density at radius 2 is 1.09 bits per heavy atom. The molecule has 14 rings (SSSR count). The number of fused-ring (bicyclic) bond motifs is 13. The van der Waals surface area contributed by atoms with Crippen molar-refractivity contribution in [3.8, 4) is 5.69 Å². The zero-order valence-electron chi connectivity index (χ0n) is 36.0. The van der Waals surface area contributed by atoms with Crippen molar-refractivity contribution in [2.75, 3.05) is 0 Å². The smallest absolute Gasteiger partial charge is 0.160 e. The SMILES string of the molecule is CC1C/C=C(\c2c(-n3c4cc5ccccc5cc4c4c5ccccc5ccc43)ccc3c2oc2ccccc23)N=C(c2cccc3ccccc23)N=C1c1cccc2oc3ccccc3c12. The van der Waals surface area contributed by atoms with Crippen LogP contribution in [-0.4, -0.2) is 16.1 Å². The molecule has 0 spiro atoms. The van der Waals surface area contributed by atoms with E-state index in [-0.39, 0.29) is 5.92 Å². The highest BCUT2D eigenvalue weighted by molar-refractivity contribution is 6.26. The first kappa shape index (κ1) is 36.9. The number of hydrogen-bond acceptors (Lipinski definition) is 4. The first-order valence-corrected chi connectivity index (χ1v) is 22.7. The Bertz CT molecular complexity index is 4280. The van der Waals surface area contributed by atoms with E-state index >= 15 is 0 Å². The number of aliphatic imine (C=N–C) groups is 2. The van der Waals surface area contributed by atoms with Crippen molar-refractivity contribution in [1.82, 2.24) is 4.57 Å². The highest BCUT2D eigenvalue weighted by Crippen LogP contribution is 2.45. The van der Waals surface area contributed by atoms with Gasteiger partial charge in [0.2, 0.25) is 0 Å². The van der Waals surface area contributed by atoms with Gasteiger partial charge in [0, 0.05) is 49.4 Å². The second kappa shape index (κ2) is 14.2. The molecule has 1 aliphatic heterocycles. The molecule has 0 fully saturated rings. The second-order valence-electron chi connectivity index (χ2n) is 17.6. The lowest BCUT2D eigenvalue weighted by Crippen LogP contribution is -2.17. The van der Waals surface area contributed by atoms with Gasteiger partial charge in [-0.05, 0) is 87.3 Å². The highest BCUT2D eigenvalue weighted by Gasteiger charge is 2.27. The van der Waals surface area contributed by atoms with Gasteiger partial charge in [-0.2, -0.15) is 0 Å². The maximum absolute atomic E-state index is 7.05. The van der Waals surface area contributed by atoms with E-state index in [0.29, 0.717) is 12.3 Å². The number of amidine groups is 1. The number of aromatic nitrogens is 1. The average Bonchev–Trinajstić information content (AvgIpc) is 4.04. The summed E-state index contributed by atoms with van der Waals surface area (Å²) in [6.45, 7) is 2.28. The summed E-state index contributed by atoms with van der Waals surface area (Å²) in [4.78, 5) is 11.6. The van der Waals surface area contributed by atoms with Crippen LogP contribution in [0.4, 0.5) is 0 Å². The molecule has 3 aromatic heterocycles. The Morgan fingerprint density at radius 3 is 1.92 bits per heavy atom. The molecule has 13 aromatic rings. The number of rotatable bonds is 4. The van der Waals surface area contributed by atoms with E-state index in [4.69, 9.17) is 18.8 Å². The fraction of sp³-hybridized carbons (Fsp3) is 0.0492. The van der Waals surface area contributed by atoms with Crippen LogP contribution in [-0.2, 0) is 0 Å². The molecule has 5 nitrogen and oxygen atoms in total. The molecule has 0 radical (unpaired) electrons. The Morgan fingerprint density at radius 1 is 0.455 bits per heavy atom. The first-order chi connectivity index (χ1) is 32.6. The quantitative estimate of drug-likeness (QED) is 0.177. The van der Waals surface area contributed by atoms with Crippen molar-refractivity contribution in [2.45, 2.75) is 13.3 Å². The van der Waals surface area contributed by atoms with Crippen LogP contribution in [0.15, 0.2) is 219 Å². The van der Waals surface area contributed by atoms with Crippen LogP contribution in [0.2, 0.25) is 0 Å². The summed E-state index contributed by atoms with van der Waals surface area (Å²) < 4.78 is 15.9. The van der Waals surface area contributed by atoms with Gasteiger partial charge in [-0.1, -0.05) is 159 Å². The van der Waals surface area contributed by atoms with E-state index in [2.05, 4.69) is 193 Å². The van der Waals surface area contributed by atoms with Gasteiger partial charge in [0.1, 0.15) is 22.3 Å². The topological polar surface area (TPSA) is 55.9 Å². The van der Waals surface area contributed by atoms with Crippen LogP contribution in [0, 0.1) is 5.92 Å². The number of allylic oxidation sites excluding steroid dienone is 1. The van der Waals surface area contributed by atoms with Gasteiger partial charge in [0.25, 0.3) is 0 Å². The van der Waals surface area contributed by atoms with Gasteiger partial charge in [-0.3, -0.25) is 0 Å². The molecular formula is C61H39N3O2. The molecule has 1 atom stereocenters. The molecule has 4 heterocycles. The fourth-order valence-electron chi connectivity index (χ4n) is 10.8. The minimum Gasteiger partial charge on any atom is -0.456 e. The molecule has 0 amide bonds. The summed E-state index contributed by atoms with van der Waals surface area (Å²) in [6.07, 6.45) is 3.01. The van der Waals surface area contributed by atoms with Crippen LogP contribution in [0.3, 0.4) is 0 Å². The zero-order chi connectivity index (χ0) is 43.5. The van der Waals surface area contributed by atoms with Crippen LogP contribution in [0.25, 0.3) is 109 Å². The molecule has 0 bridgehead atoms. The molecule has 1 aliphatic rings. The zero-order valence-corrected chi connectivity index (χ0v) is 36.0. The third-order valence-electron chi connectivity index (χ3n) is 13.8. The van der Waals surface area contributed by atoms with Crippen molar-refractivity contribution in [1.29, 1.82) is 0 Å². The van der Waals surface area contributed by atoms with Crippen molar-refractivity contribution >= 4 is 115 Å². The van der Waals surface area contributed by atoms with Gasteiger partial charge in [0.15, 0.2) is 5.84 Å². The van der Waals surface area contributed by atoms with E-state index in [1.54, 1.807) is 0 Å². The summed E-state index contributed by atoms with van der Waals surface area (Å²) in [7, 11) is 0. The van der Waals surface area contributed by atoms with Gasteiger partial charge >= 0.3 is 0 Å². The maximum Gasteiger partial charge on any atom is 0.160 e. The average molecular weight is 846 g/mol.